The van der Waals surface area contributed by atoms with E-state index in [2.05, 4.69) is 11.4 Å². The van der Waals surface area contributed by atoms with Gasteiger partial charge in [-0.2, -0.15) is 0 Å². The molecule has 0 aliphatic heterocycles. The summed E-state index contributed by atoms with van der Waals surface area (Å²) in [6, 6.07) is 8.43. The van der Waals surface area contributed by atoms with Gasteiger partial charge in [-0.1, -0.05) is 18.2 Å². The van der Waals surface area contributed by atoms with Gasteiger partial charge in [-0.05, 0) is 26.0 Å². The molecule has 19 heavy (non-hydrogen) atoms. The third kappa shape index (κ3) is 5.59. The minimum Gasteiger partial charge on any atom is -0.491 e. The smallest absolute Gasteiger partial charge is 0.124 e. The molecule has 1 rings (SSSR count). The summed E-state index contributed by atoms with van der Waals surface area (Å²) in [6.45, 7) is 1.95. The second kappa shape index (κ2) is 9.78. The van der Waals surface area contributed by atoms with Gasteiger partial charge in [0.1, 0.15) is 12.4 Å². The van der Waals surface area contributed by atoms with Crippen LogP contribution in [0.4, 0.5) is 0 Å². The number of methoxy groups -OCH3 is 2. The SMILES string of the molecule is CNC(CCCOC)c1ccccc1OCCOC. The van der Waals surface area contributed by atoms with E-state index >= 15 is 0 Å². The predicted molar refractivity (Wildman–Crippen MR) is 76.7 cm³/mol. The molecule has 0 bridgehead atoms. The molecule has 0 heterocycles. The highest BCUT2D eigenvalue weighted by Crippen LogP contribution is 2.27. The number of benzene rings is 1. The Morgan fingerprint density at radius 2 is 1.79 bits per heavy atom. The summed E-state index contributed by atoms with van der Waals surface area (Å²) in [5, 5.41) is 3.34. The van der Waals surface area contributed by atoms with Crippen molar-refractivity contribution in [2.75, 3.05) is 41.1 Å². The summed E-state index contributed by atoms with van der Waals surface area (Å²) in [5.41, 5.74) is 1.19. The first-order chi connectivity index (χ1) is 9.33. The largest absolute Gasteiger partial charge is 0.491 e. The van der Waals surface area contributed by atoms with E-state index in [0.717, 1.165) is 25.2 Å². The van der Waals surface area contributed by atoms with E-state index in [-0.39, 0.29) is 6.04 Å². The normalized spacial score (nSPS) is 12.4. The highest BCUT2D eigenvalue weighted by molar-refractivity contribution is 5.35. The maximum atomic E-state index is 5.77. The van der Waals surface area contributed by atoms with Crippen LogP contribution in [0.25, 0.3) is 0 Å². The molecule has 0 amide bonds. The van der Waals surface area contributed by atoms with Crippen LogP contribution in [0.15, 0.2) is 24.3 Å². The van der Waals surface area contributed by atoms with E-state index in [1.807, 2.05) is 25.2 Å². The molecule has 0 fully saturated rings. The van der Waals surface area contributed by atoms with E-state index in [1.165, 1.54) is 5.56 Å². The standard InChI is InChI=1S/C15H25NO3/c1-16-14(8-6-10-17-2)13-7-4-5-9-15(13)19-12-11-18-3/h4-5,7,9,14,16H,6,8,10-12H2,1-3H3. The lowest BCUT2D eigenvalue weighted by molar-refractivity contribution is 0.145. The predicted octanol–water partition coefficient (Wildman–Crippen LogP) is 2.40. The number of para-hydroxylation sites is 1. The quantitative estimate of drug-likeness (QED) is 0.661. The van der Waals surface area contributed by atoms with Crippen molar-refractivity contribution in [3.05, 3.63) is 29.8 Å². The lowest BCUT2D eigenvalue weighted by atomic mass is 10.0. The molecule has 1 aromatic carbocycles. The molecule has 108 valence electrons. The summed E-state index contributed by atoms with van der Waals surface area (Å²) in [4.78, 5) is 0. The molecular weight excluding hydrogens is 242 g/mol. The molecule has 1 N–H and O–H groups in total. The van der Waals surface area contributed by atoms with Crippen molar-refractivity contribution in [1.29, 1.82) is 0 Å². The minimum atomic E-state index is 0.286. The third-order valence-electron chi connectivity index (χ3n) is 3.03. The van der Waals surface area contributed by atoms with Gasteiger partial charge < -0.3 is 19.5 Å². The molecule has 0 spiro atoms. The van der Waals surface area contributed by atoms with Gasteiger partial charge in [-0.25, -0.2) is 0 Å². The monoisotopic (exact) mass is 267 g/mol. The van der Waals surface area contributed by atoms with Crippen LogP contribution < -0.4 is 10.1 Å². The molecule has 0 aromatic heterocycles. The van der Waals surface area contributed by atoms with Crippen LogP contribution in [-0.2, 0) is 9.47 Å². The van der Waals surface area contributed by atoms with Crippen LogP contribution in [0.2, 0.25) is 0 Å². The van der Waals surface area contributed by atoms with Gasteiger partial charge in [0.05, 0.1) is 6.61 Å². The Bertz CT molecular complexity index is 344. The lowest BCUT2D eigenvalue weighted by Gasteiger charge is -2.20. The van der Waals surface area contributed by atoms with E-state index in [4.69, 9.17) is 14.2 Å². The summed E-state index contributed by atoms with van der Waals surface area (Å²) in [6.07, 6.45) is 2.05. The maximum Gasteiger partial charge on any atom is 0.124 e. The molecule has 1 atom stereocenters. The Morgan fingerprint density at radius 1 is 1.05 bits per heavy atom. The third-order valence-corrected chi connectivity index (χ3v) is 3.03. The fourth-order valence-corrected chi connectivity index (χ4v) is 2.02. The first-order valence-electron chi connectivity index (χ1n) is 6.70. The number of nitrogens with one attached hydrogen (secondary N) is 1. The van der Waals surface area contributed by atoms with E-state index in [9.17, 15) is 0 Å². The molecule has 0 saturated carbocycles. The molecule has 0 radical (unpaired) electrons. The van der Waals surface area contributed by atoms with Gasteiger partial charge in [0.2, 0.25) is 0 Å². The first kappa shape index (κ1) is 16.0. The summed E-state index contributed by atoms with van der Waals surface area (Å²) in [5.74, 6) is 0.927. The summed E-state index contributed by atoms with van der Waals surface area (Å²) >= 11 is 0. The fraction of sp³-hybridized carbons (Fsp3) is 0.600. The average molecular weight is 267 g/mol. The molecule has 4 nitrogen and oxygen atoms in total. The van der Waals surface area contributed by atoms with Gasteiger partial charge in [0.25, 0.3) is 0 Å². The highest BCUT2D eigenvalue weighted by Gasteiger charge is 2.13. The number of hydrogen-bond donors (Lipinski definition) is 1. The topological polar surface area (TPSA) is 39.7 Å². The van der Waals surface area contributed by atoms with Crippen LogP contribution in [0.3, 0.4) is 0 Å². The van der Waals surface area contributed by atoms with Crippen LogP contribution in [0.5, 0.6) is 5.75 Å². The Balaban J connectivity index is 2.66. The van der Waals surface area contributed by atoms with E-state index in [0.29, 0.717) is 13.2 Å². The second-order valence-electron chi connectivity index (χ2n) is 4.36. The van der Waals surface area contributed by atoms with Crippen molar-refractivity contribution in [3.8, 4) is 5.75 Å². The van der Waals surface area contributed by atoms with Crippen LogP contribution in [0, 0.1) is 0 Å². The molecule has 0 saturated heterocycles. The Morgan fingerprint density at radius 3 is 2.47 bits per heavy atom. The summed E-state index contributed by atoms with van der Waals surface area (Å²) < 4.78 is 15.9. The van der Waals surface area contributed by atoms with Gasteiger partial charge in [-0.3, -0.25) is 0 Å². The second-order valence-corrected chi connectivity index (χ2v) is 4.36. The molecule has 1 aromatic rings. The molecule has 0 aliphatic rings. The van der Waals surface area contributed by atoms with Crippen molar-refractivity contribution in [1.82, 2.24) is 5.32 Å². The summed E-state index contributed by atoms with van der Waals surface area (Å²) in [7, 11) is 5.38. The molecule has 0 aliphatic carbocycles. The van der Waals surface area contributed by atoms with Gasteiger partial charge in [0.15, 0.2) is 0 Å². The Labute approximate surface area is 116 Å². The number of rotatable bonds is 10. The van der Waals surface area contributed by atoms with Crippen molar-refractivity contribution < 1.29 is 14.2 Å². The van der Waals surface area contributed by atoms with Crippen LogP contribution in [-0.4, -0.2) is 41.1 Å². The maximum absolute atomic E-state index is 5.77. The molecule has 4 heteroatoms. The van der Waals surface area contributed by atoms with Gasteiger partial charge in [-0.15, -0.1) is 0 Å². The number of hydrogen-bond acceptors (Lipinski definition) is 4. The van der Waals surface area contributed by atoms with E-state index < -0.39 is 0 Å². The highest BCUT2D eigenvalue weighted by atomic mass is 16.5. The minimum absolute atomic E-state index is 0.286. The van der Waals surface area contributed by atoms with Crippen molar-refractivity contribution in [2.24, 2.45) is 0 Å². The van der Waals surface area contributed by atoms with Gasteiger partial charge >= 0.3 is 0 Å². The molecular formula is C15H25NO3. The van der Waals surface area contributed by atoms with E-state index in [1.54, 1.807) is 14.2 Å². The Kier molecular flexibility index (Phi) is 8.21. The zero-order chi connectivity index (χ0) is 13.9. The number of ether oxygens (including phenoxy) is 3. The fourth-order valence-electron chi connectivity index (χ4n) is 2.02. The zero-order valence-electron chi connectivity index (χ0n) is 12.1. The average Bonchev–Trinajstić information content (AvgIpc) is 2.45. The van der Waals surface area contributed by atoms with Crippen molar-refractivity contribution in [2.45, 2.75) is 18.9 Å². The van der Waals surface area contributed by atoms with Crippen molar-refractivity contribution in [3.63, 3.8) is 0 Å². The first-order valence-corrected chi connectivity index (χ1v) is 6.70. The molecule has 1 unspecified atom stereocenters. The van der Waals surface area contributed by atoms with Crippen LogP contribution >= 0.6 is 0 Å². The zero-order valence-corrected chi connectivity index (χ0v) is 12.1. The van der Waals surface area contributed by atoms with Gasteiger partial charge in [0, 0.05) is 32.4 Å². The van der Waals surface area contributed by atoms with Crippen LogP contribution in [0.1, 0.15) is 24.4 Å². The Hall–Kier alpha value is -1.10. The van der Waals surface area contributed by atoms with Crippen molar-refractivity contribution >= 4 is 0 Å². The lowest BCUT2D eigenvalue weighted by Crippen LogP contribution is -2.18.